The summed E-state index contributed by atoms with van der Waals surface area (Å²) in [7, 11) is 3.35. The molecule has 4 unspecified atom stereocenters. The number of rotatable bonds is 4. The molecule has 4 atom stereocenters. The van der Waals surface area contributed by atoms with E-state index in [2.05, 4.69) is 0 Å². The van der Waals surface area contributed by atoms with E-state index in [1.165, 1.54) is 6.42 Å². The van der Waals surface area contributed by atoms with E-state index in [1.807, 2.05) is 4.90 Å². The number of methoxy groups -OCH3 is 2. The number of nitrogens with zero attached hydrogens (tertiary/aromatic N) is 1. The molecule has 2 fully saturated rings. The average molecular weight is 270 g/mol. The predicted octanol–water partition coefficient (Wildman–Crippen LogP) is 0.624. The minimum atomic E-state index is 0.00264. The molecule has 1 saturated heterocycles. The molecular weight excluding hydrogens is 244 g/mol. The summed E-state index contributed by atoms with van der Waals surface area (Å²) in [5.41, 5.74) is 5.74. The fraction of sp³-hybridized carbons (Fsp3) is 0.929. The summed E-state index contributed by atoms with van der Waals surface area (Å²) in [6, 6.07) is 0. The third-order valence-electron chi connectivity index (χ3n) is 4.60. The third kappa shape index (κ3) is 3.27. The molecule has 2 N–H and O–H groups in total. The quantitative estimate of drug-likeness (QED) is 0.813. The number of likely N-dealkylation sites (tertiary alicyclic amines) is 1. The highest BCUT2D eigenvalue weighted by Crippen LogP contribution is 2.31. The smallest absolute Gasteiger partial charge is 0.225 e. The van der Waals surface area contributed by atoms with Crippen LogP contribution in [0.5, 0.6) is 0 Å². The topological polar surface area (TPSA) is 64.8 Å². The number of nitrogens with two attached hydrogens (primary N) is 1. The van der Waals surface area contributed by atoms with Gasteiger partial charge in [-0.2, -0.15) is 0 Å². The van der Waals surface area contributed by atoms with Crippen molar-refractivity contribution in [3.05, 3.63) is 0 Å². The fourth-order valence-corrected chi connectivity index (χ4v) is 3.36. The Morgan fingerprint density at radius 3 is 2.37 bits per heavy atom. The summed E-state index contributed by atoms with van der Waals surface area (Å²) >= 11 is 0. The van der Waals surface area contributed by atoms with E-state index in [0.717, 1.165) is 19.3 Å². The molecule has 2 aliphatic rings. The standard InChI is InChI=1S/C14H26N2O3/c1-18-12-8-16(9-13(12)19-2)14(17)11-5-3-4-10(6-11)7-15/h10-13H,3-9,15H2,1-2H3. The molecule has 0 spiro atoms. The molecule has 0 aromatic rings. The van der Waals surface area contributed by atoms with E-state index < -0.39 is 0 Å². The Balaban J connectivity index is 1.93. The van der Waals surface area contributed by atoms with Gasteiger partial charge in [-0.05, 0) is 31.7 Å². The van der Waals surface area contributed by atoms with Gasteiger partial charge in [-0.15, -0.1) is 0 Å². The summed E-state index contributed by atoms with van der Waals surface area (Å²) in [4.78, 5) is 14.5. The second kappa shape index (κ2) is 6.68. The molecule has 0 bridgehead atoms. The van der Waals surface area contributed by atoms with Gasteiger partial charge in [-0.3, -0.25) is 4.79 Å². The fourth-order valence-electron chi connectivity index (χ4n) is 3.36. The molecule has 19 heavy (non-hydrogen) atoms. The molecule has 0 aromatic carbocycles. The normalized spacial score (nSPS) is 35.6. The van der Waals surface area contributed by atoms with E-state index >= 15 is 0 Å². The molecule has 2 rings (SSSR count). The lowest BCUT2D eigenvalue weighted by atomic mass is 9.81. The Morgan fingerprint density at radius 1 is 1.21 bits per heavy atom. The van der Waals surface area contributed by atoms with Gasteiger partial charge < -0.3 is 20.1 Å². The van der Waals surface area contributed by atoms with Crippen molar-refractivity contribution in [2.75, 3.05) is 33.9 Å². The number of carbonyl (C=O) groups is 1. The Kier molecular flexibility index (Phi) is 5.19. The first-order valence-corrected chi connectivity index (χ1v) is 7.24. The summed E-state index contributed by atoms with van der Waals surface area (Å²) in [6.45, 7) is 2.00. The molecule has 1 aliphatic carbocycles. The van der Waals surface area contributed by atoms with Crippen molar-refractivity contribution in [3.63, 3.8) is 0 Å². The highest BCUT2D eigenvalue weighted by Gasteiger charge is 2.38. The van der Waals surface area contributed by atoms with Crippen LogP contribution in [0.1, 0.15) is 25.7 Å². The summed E-state index contributed by atoms with van der Waals surface area (Å²) in [5, 5.41) is 0. The first-order chi connectivity index (χ1) is 9.19. The Morgan fingerprint density at radius 2 is 1.84 bits per heavy atom. The molecule has 1 amide bonds. The zero-order valence-corrected chi connectivity index (χ0v) is 12.0. The van der Waals surface area contributed by atoms with Gasteiger partial charge in [-0.25, -0.2) is 0 Å². The van der Waals surface area contributed by atoms with Gasteiger partial charge in [0.15, 0.2) is 0 Å². The van der Waals surface area contributed by atoms with Crippen molar-refractivity contribution in [2.24, 2.45) is 17.6 Å². The maximum atomic E-state index is 12.6. The van der Waals surface area contributed by atoms with Gasteiger partial charge in [0.1, 0.15) is 12.2 Å². The van der Waals surface area contributed by atoms with Gasteiger partial charge >= 0.3 is 0 Å². The van der Waals surface area contributed by atoms with Crippen LogP contribution in [-0.4, -0.2) is 56.9 Å². The molecule has 1 aliphatic heterocycles. The van der Waals surface area contributed by atoms with Crippen LogP contribution in [0.4, 0.5) is 0 Å². The minimum Gasteiger partial charge on any atom is -0.377 e. The lowest BCUT2D eigenvalue weighted by Crippen LogP contribution is -2.38. The van der Waals surface area contributed by atoms with Crippen LogP contribution in [0.25, 0.3) is 0 Å². The van der Waals surface area contributed by atoms with Crippen molar-refractivity contribution in [1.82, 2.24) is 4.90 Å². The van der Waals surface area contributed by atoms with Crippen LogP contribution in [0.2, 0.25) is 0 Å². The van der Waals surface area contributed by atoms with Crippen LogP contribution in [0.3, 0.4) is 0 Å². The minimum absolute atomic E-state index is 0.00264. The van der Waals surface area contributed by atoms with Crippen molar-refractivity contribution < 1.29 is 14.3 Å². The molecule has 0 radical (unpaired) electrons. The first-order valence-electron chi connectivity index (χ1n) is 7.24. The van der Waals surface area contributed by atoms with Crippen LogP contribution in [-0.2, 0) is 14.3 Å². The molecule has 110 valence electrons. The lowest BCUT2D eigenvalue weighted by Gasteiger charge is -2.30. The number of carbonyl (C=O) groups excluding carboxylic acids is 1. The monoisotopic (exact) mass is 270 g/mol. The summed E-state index contributed by atoms with van der Waals surface area (Å²) in [6.07, 6.45) is 4.24. The van der Waals surface area contributed by atoms with Gasteiger partial charge in [0.05, 0.1) is 0 Å². The third-order valence-corrected chi connectivity index (χ3v) is 4.60. The Labute approximate surface area is 115 Å². The van der Waals surface area contributed by atoms with E-state index in [4.69, 9.17) is 15.2 Å². The zero-order valence-electron chi connectivity index (χ0n) is 12.0. The number of ether oxygens (including phenoxy) is 2. The van der Waals surface area contributed by atoms with Gasteiger partial charge in [0.2, 0.25) is 5.91 Å². The van der Waals surface area contributed by atoms with Gasteiger partial charge in [-0.1, -0.05) is 6.42 Å². The largest absolute Gasteiger partial charge is 0.377 e. The molecule has 5 nitrogen and oxygen atoms in total. The van der Waals surface area contributed by atoms with Crippen LogP contribution in [0, 0.1) is 11.8 Å². The van der Waals surface area contributed by atoms with Crippen molar-refractivity contribution in [2.45, 2.75) is 37.9 Å². The lowest BCUT2D eigenvalue weighted by molar-refractivity contribution is -0.136. The zero-order chi connectivity index (χ0) is 13.8. The van der Waals surface area contributed by atoms with Gasteiger partial charge in [0.25, 0.3) is 0 Å². The van der Waals surface area contributed by atoms with E-state index in [1.54, 1.807) is 14.2 Å². The molecule has 1 saturated carbocycles. The number of amides is 1. The Bertz CT molecular complexity index is 299. The highest BCUT2D eigenvalue weighted by molar-refractivity contribution is 5.79. The summed E-state index contributed by atoms with van der Waals surface area (Å²) in [5.74, 6) is 0.928. The number of hydrogen-bond donors (Lipinski definition) is 1. The van der Waals surface area contributed by atoms with E-state index in [-0.39, 0.29) is 24.0 Å². The summed E-state index contributed by atoms with van der Waals surface area (Å²) < 4.78 is 10.8. The maximum Gasteiger partial charge on any atom is 0.225 e. The number of hydrogen-bond acceptors (Lipinski definition) is 4. The second-order valence-corrected chi connectivity index (χ2v) is 5.76. The molecule has 0 aromatic heterocycles. The Hall–Kier alpha value is -0.650. The molecular formula is C14H26N2O3. The van der Waals surface area contributed by atoms with E-state index in [0.29, 0.717) is 25.6 Å². The van der Waals surface area contributed by atoms with Crippen LogP contribution in [0.15, 0.2) is 0 Å². The molecule has 5 heteroatoms. The van der Waals surface area contributed by atoms with Crippen molar-refractivity contribution in [3.8, 4) is 0 Å². The highest BCUT2D eigenvalue weighted by atomic mass is 16.5. The van der Waals surface area contributed by atoms with E-state index in [9.17, 15) is 4.79 Å². The van der Waals surface area contributed by atoms with Crippen molar-refractivity contribution in [1.29, 1.82) is 0 Å². The SMILES string of the molecule is COC1CN(C(=O)C2CCCC(CN)C2)CC1OC. The molecule has 1 heterocycles. The maximum absolute atomic E-state index is 12.6. The van der Waals surface area contributed by atoms with Crippen LogP contribution < -0.4 is 5.73 Å². The average Bonchev–Trinajstić information content (AvgIpc) is 2.89. The second-order valence-electron chi connectivity index (χ2n) is 5.76. The van der Waals surface area contributed by atoms with Gasteiger partial charge in [0, 0.05) is 33.2 Å². The van der Waals surface area contributed by atoms with Crippen LogP contribution >= 0.6 is 0 Å². The predicted molar refractivity (Wildman–Crippen MR) is 72.7 cm³/mol. The van der Waals surface area contributed by atoms with Crippen molar-refractivity contribution >= 4 is 5.91 Å². The first kappa shape index (κ1) is 14.8.